The minimum Gasteiger partial charge on any atom is -0.385 e. The molecular weight excluding hydrogens is 232 g/mol. The minimum atomic E-state index is -0.572. The second-order valence-corrected chi connectivity index (χ2v) is 5.96. The summed E-state index contributed by atoms with van der Waals surface area (Å²) in [5, 5.41) is 3.05. The minimum absolute atomic E-state index is 0.0243. The molecule has 0 aromatic rings. The molecule has 104 valence electrons. The first-order valence-corrected chi connectivity index (χ1v) is 6.63. The first kappa shape index (κ1) is 13.8. The molecule has 0 spiro atoms. The summed E-state index contributed by atoms with van der Waals surface area (Å²) in [5.41, 5.74) is 5.64. The highest BCUT2D eigenvalue weighted by Gasteiger charge is 2.47. The van der Waals surface area contributed by atoms with E-state index in [1.54, 1.807) is 7.11 Å². The number of nitrogens with one attached hydrogen (secondary N) is 1. The predicted molar refractivity (Wildman–Crippen MR) is 68.1 cm³/mol. The summed E-state index contributed by atoms with van der Waals surface area (Å²) >= 11 is 0. The highest BCUT2D eigenvalue weighted by molar-refractivity contribution is 5.83. The molecular formula is C13H24N2O3. The molecule has 2 atom stereocenters. The topological polar surface area (TPSA) is 73.6 Å². The number of hydrogen-bond acceptors (Lipinski definition) is 4. The van der Waals surface area contributed by atoms with Gasteiger partial charge < -0.3 is 20.5 Å². The Morgan fingerprint density at radius 3 is 2.78 bits per heavy atom. The molecule has 2 fully saturated rings. The number of carbonyl (C=O) groups excluding carboxylic acids is 1. The van der Waals surface area contributed by atoms with E-state index >= 15 is 0 Å². The second-order valence-electron chi connectivity index (χ2n) is 5.96. The third-order valence-electron chi connectivity index (χ3n) is 4.45. The van der Waals surface area contributed by atoms with Crippen LogP contribution in [0.15, 0.2) is 0 Å². The van der Waals surface area contributed by atoms with Crippen LogP contribution in [0, 0.1) is 10.8 Å². The maximum absolute atomic E-state index is 12.2. The normalized spacial score (nSPS) is 33.4. The summed E-state index contributed by atoms with van der Waals surface area (Å²) in [6.07, 6.45) is 3.37. The van der Waals surface area contributed by atoms with E-state index in [-0.39, 0.29) is 17.4 Å². The van der Waals surface area contributed by atoms with Crippen LogP contribution in [0.3, 0.4) is 0 Å². The first-order chi connectivity index (χ1) is 8.52. The zero-order chi connectivity index (χ0) is 13.2. The van der Waals surface area contributed by atoms with Gasteiger partial charge >= 0.3 is 0 Å². The van der Waals surface area contributed by atoms with Crippen molar-refractivity contribution in [1.29, 1.82) is 0 Å². The van der Waals surface area contributed by atoms with Gasteiger partial charge in [0.2, 0.25) is 5.91 Å². The van der Waals surface area contributed by atoms with E-state index in [0.717, 1.165) is 19.6 Å². The van der Waals surface area contributed by atoms with Crippen LogP contribution in [0.2, 0.25) is 0 Å². The van der Waals surface area contributed by atoms with Gasteiger partial charge in [-0.1, -0.05) is 0 Å². The van der Waals surface area contributed by atoms with Crippen LogP contribution in [-0.4, -0.2) is 45.4 Å². The van der Waals surface area contributed by atoms with Gasteiger partial charge in [-0.2, -0.15) is 0 Å². The summed E-state index contributed by atoms with van der Waals surface area (Å²) in [5.74, 6) is 0.0243. The largest absolute Gasteiger partial charge is 0.385 e. The molecule has 0 aromatic heterocycles. The molecule has 2 unspecified atom stereocenters. The summed E-state index contributed by atoms with van der Waals surface area (Å²) in [4.78, 5) is 12.2. The molecule has 0 bridgehead atoms. The van der Waals surface area contributed by atoms with Crippen molar-refractivity contribution in [2.24, 2.45) is 16.6 Å². The van der Waals surface area contributed by atoms with Gasteiger partial charge in [0.15, 0.2) is 0 Å². The molecule has 1 aliphatic carbocycles. The Labute approximate surface area is 108 Å². The first-order valence-electron chi connectivity index (χ1n) is 6.63. The molecule has 0 radical (unpaired) electrons. The summed E-state index contributed by atoms with van der Waals surface area (Å²) in [6, 6.07) is -0.202. The van der Waals surface area contributed by atoms with E-state index < -0.39 is 5.41 Å². The maximum Gasteiger partial charge on any atom is 0.229 e. The molecule has 1 aliphatic heterocycles. The van der Waals surface area contributed by atoms with Crippen molar-refractivity contribution in [3.63, 3.8) is 0 Å². The fourth-order valence-electron chi connectivity index (χ4n) is 2.40. The van der Waals surface area contributed by atoms with Crippen molar-refractivity contribution in [3.05, 3.63) is 0 Å². The van der Waals surface area contributed by atoms with Crippen LogP contribution in [0.4, 0.5) is 0 Å². The Morgan fingerprint density at radius 2 is 2.28 bits per heavy atom. The Kier molecular flexibility index (Phi) is 3.94. The number of ether oxygens (including phenoxy) is 2. The van der Waals surface area contributed by atoms with E-state index in [0.29, 0.717) is 13.2 Å². The average Bonchev–Trinajstić information content (AvgIpc) is 3.05. The van der Waals surface area contributed by atoms with Crippen LogP contribution < -0.4 is 11.1 Å². The Bertz CT molecular complexity index is 317. The second kappa shape index (κ2) is 5.15. The molecule has 18 heavy (non-hydrogen) atoms. The van der Waals surface area contributed by atoms with Crippen molar-refractivity contribution < 1.29 is 14.3 Å². The Morgan fingerprint density at radius 1 is 1.56 bits per heavy atom. The molecule has 5 nitrogen and oxygen atoms in total. The predicted octanol–water partition coefficient (Wildman–Crippen LogP) is 0.283. The standard InChI is InChI=1S/C13H24N2O3/c1-12(9-18-7-10(12)14)11(16)15-8-13(3-4-13)5-6-17-2/h10H,3-9,14H2,1-2H3,(H,15,16). The van der Waals surface area contributed by atoms with Crippen LogP contribution in [0.1, 0.15) is 26.2 Å². The molecule has 3 N–H and O–H groups in total. The summed E-state index contributed by atoms with van der Waals surface area (Å²) < 4.78 is 10.4. The quantitative estimate of drug-likeness (QED) is 0.716. The van der Waals surface area contributed by atoms with Gasteiger partial charge in [0.05, 0.1) is 18.6 Å². The number of amides is 1. The van der Waals surface area contributed by atoms with Crippen molar-refractivity contribution in [1.82, 2.24) is 5.32 Å². The number of rotatable bonds is 6. The van der Waals surface area contributed by atoms with Gasteiger partial charge in [0.1, 0.15) is 0 Å². The summed E-state index contributed by atoms with van der Waals surface area (Å²) in [7, 11) is 1.71. The lowest BCUT2D eigenvalue weighted by molar-refractivity contribution is -0.131. The molecule has 2 aliphatic rings. The molecule has 1 saturated carbocycles. The van der Waals surface area contributed by atoms with Gasteiger partial charge in [-0.3, -0.25) is 4.79 Å². The number of methoxy groups -OCH3 is 1. The van der Waals surface area contributed by atoms with E-state index in [2.05, 4.69) is 5.32 Å². The number of carbonyl (C=O) groups is 1. The summed E-state index contributed by atoms with van der Waals surface area (Å²) in [6.45, 7) is 4.27. The monoisotopic (exact) mass is 256 g/mol. The molecule has 1 heterocycles. The van der Waals surface area contributed by atoms with E-state index in [4.69, 9.17) is 15.2 Å². The molecule has 1 saturated heterocycles. The van der Waals surface area contributed by atoms with E-state index in [1.807, 2.05) is 6.92 Å². The zero-order valence-electron chi connectivity index (χ0n) is 11.3. The van der Waals surface area contributed by atoms with Crippen LogP contribution >= 0.6 is 0 Å². The number of nitrogens with two attached hydrogens (primary N) is 1. The smallest absolute Gasteiger partial charge is 0.229 e. The van der Waals surface area contributed by atoms with Gasteiger partial charge in [0.25, 0.3) is 0 Å². The Balaban J connectivity index is 1.81. The van der Waals surface area contributed by atoms with Crippen molar-refractivity contribution in [3.8, 4) is 0 Å². The third kappa shape index (κ3) is 2.68. The zero-order valence-corrected chi connectivity index (χ0v) is 11.3. The van der Waals surface area contributed by atoms with Gasteiger partial charge in [-0.15, -0.1) is 0 Å². The fraction of sp³-hybridized carbons (Fsp3) is 0.923. The molecule has 1 amide bonds. The van der Waals surface area contributed by atoms with Gasteiger partial charge in [-0.05, 0) is 31.6 Å². The SMILES string of the molecule is COCCC1(CNC(=O)C2(C)COCC2N)CC1. The van der Waals surface area contributed by atoms with Crippen LogP contribution in [0.5, 0.6) is 0 Å². The van der Waals surface area contributed by atoms with E-state index in [1.165, 1.54) is 12.8 Å². The Hall–Kier alpha value is -0.650. The number of hydrogen-bond donors (Lipinski definition) is 2. The molecule has 2 rings (SSSR count). The van der Waals surface area contributed by atoms with Crippen molar-refractivity contribution >= 4 is 5.91 Å². The van der Waals surface area contributed by atoms with Gasteiger partial charge in [0, 0.05) is 26.3 Å². The third-order valence-corrected chi connectivity index (χ3v) is 4.45. The average molecular weight is 256 g/mol. The highest BCUT2D eigenvalue weighted by atomic mass is 16.5. The lowest BCUT2D eigenvalue weighted by Crippen LogP contribution is -2.51. The lowest BCUT2D eigenvalue weighted by Gasteiger charge is -2.27. The molecule has 0 aromatic carbocycles. The maximum atomic E-state index is 12.2. The van der Waals surface area contributed by atoms with Crippen molar-refractivity contribution in [2.75, 3.05) is 33.5 Å². The van der Waals surface area contributed by atoms with Crippen LogP contribution in [-0.2, 0) is 14.3 Å². The fourth-order valence-corrected chi connectivity index (χ4v) is 2.40. The molecule has 5 heteroatoms. The highest BCUT2D eigenvalue weighted by Crippen LogP contribution is 2.48. The van der Waals surface area contributed by atoms with E-state index in [9.17, 15) is 4.79 Å². The van der Waals surface area contributed by atoms with Crippen molar-refractivity contribution in [2.45, 2.75) is 32.2 Å². The lowest BCUT2D eigenvalue weighted by atomic mass is 9.84. The van der Waals surface area contributed by atoms with Crippen LogP contribution in [0.25, 0.3) is 0 Å². The van der Waals surface area contributed by atoms with Gasteiger partial charge in [-0.25, -0.2) is 0 Å².